The number of fused-ring (bicyclic) bond motifs is 5. The molecular formula is C37H52ClN3O9S. The van der Waals surface area contributed by atoms with Gasteiger partial charge in [-0.15, -0.1) is 0 Å². The quantitative estimate of drug-likeness (QED) is 0.206. The van der Waals surface area contributed by atoms with E-state index in [1.807, 2.05) is 51.1 Å². The number of thiol groups is 1. The summed E-state index contributed by atoms with van der Waals surface area (Å²) < 4.78 is 29.5. The van der Waals surface area contributed by atoms with Gasteiger partial charge in [0.05, 0.1) is 37.5 Å². The van der Waals surface area contributed by atoms with Crippen LogP contribution in [0.25, 0.3) is 0 Å². The molecule has 282 valence electrons. The zero-order valence-corrected chi connectivity index (χ0v) is 32.6. The van der Waals surface area contributed by atoms with Crippen LogP contribution in [0.1, 0.15) is 65.9 Å². The van der Waals surface area contributed by atoms with Crippen molar-refractivity contribution in [1.82, 2.24) is 10.2 Å². The molecular weight excluding hydrogens is 698 g/mol. The number of likely N-dealkylation sites (N-methyl/N-ethyl adjacent to an activating group) is 1. The molecule has 3 aliphatic heterocycles. The fourth-order valence-electron chi connectivity index (χ4n) is 6.67. The van der Waals surface area contributed by atoms with E-state index in [9.17, 15) is 19.2 Å². The zero-order chi connectivity index (χ0) is 37.8. The summed E-state index contributed by atoms with van der Waals surface area (Å²) in [5.74, 6) is -1.23. The minimum atomic E-state index is -1.12. The standard InChI is InChI=1S/C37H52ClN3O9S/c1-20-11-10-12-27(46-8)25-18-28(48-36(45)39-25)22(3)34-37(5,50-34)30(49-35(44)23(4)40(6)31(42)14-13-21(2)51)19-32(43)41(7)26-16-24(15-20)17-29(47-9)33(26)38/h10-12,16-17,21-23,25,27-28,30,34,51H,13-15,18-19H2,1-9H3,(H,39,45)/b12-10+,20-11+/t21?,22-,23+,25?,27-,28?,30+,34+,37+/m1/s1. The molecule has 1 N–H and O–H groups in total. The summed E-state index contributed by atoms with van der Waals surface area (Å²) in [6.45, 7) is 9.15. The number of amides is 3. The number of rotatable bonds is 8. The fraction of sp³-hybridized carbons (Fsp3) is 0.622. The first-order chi connectivity index (χ1) is 24.0. The molecule has 2 fully saturated rings. The predicted octanol–water partition coefficient (Wildman–Crippen LogP) is 5.29. The molecule has 4 rings (SSSR count). The van der Waals surface area contributed by atoms with Crippen molar-refractivity contribution in [2.75, 3.05) is 33.2 Å². The minimum Gasteiger partial charge on any atom is -0.495 e. The van der Waals surface area contributed by atoms with Crippen molar-refractivity contribution >= 4 is 53.8 Å². The lowest BCUT2D eigenvalue weighted by Crippen LogP contribution is -2.53. The second-order valence-electron chi connectivity index (χ2n) is 14.1. The molecule has 51 heavy (non-hydrogen) atoms. The Balaban J connectivity index is 1.72. The maximum atomic E-state index is 14.1. The largest absolute Gasteiger partial charge is 0.495 e. The second-order valence-corrected chi connectivity index (χ2v) is 15.3. The van der Waals surface area contributed by atoms with Crippen LogP contribution in [0.15, 0.2) is 35.9 Å². The van der Waals surface area contributed by atoms with Crippen molar-refractivity contribution in [1.29, 1.82) is 0 Å². The fourth-order valence-corrected chi connectivity index (χ4v) is 7.12. The number of nitrogens with one attached hydrogen (secondary N) is 1. The molecule has 3 aliphatic rings. The number of esters is 1. The number of benzene rings is 1. The van der Waals surface area contributed by atoms with Gasteiger partial charge in [0.15, 0.2) is 0 Å². The minimum absolute atomic E-state index is 0.0242. The molecule has 3 heterocycles. The molecule has 9 atom stereocenters. The molecule has 14 heteroatoms. The Morgan fingerprint density at radius 1 is 1.24 bits per heavy atom. The Kier molecular flexibility index (Phi) is 13.5. The Morgan fingerprint density at radius 3 is 2.59 bits per heavy atom. The zero-order valence-electron chi connectivity index (χ0n) is 30.9. The van der Waals surface area contributed by atoms with E-state index in [0.29, 0.717) is 30.7 Å². The van der Waals surface area contributed by atoms with Crippen molar-refractivity contribution in [3.63, 3.8) is 0 Å². The van der Waals surface area contributed by atoms with Gasteiger partial charge in [0.1, 0.15) is 34.6 Å². The van der Waals surface area contributed by atoms with Crippen LogP contribution < -0.4 is 15.0 Å². The molecule has 2 saturated heterocycles. The number of nitrogens with zero attached hydrogens (tertiary/aromatic N) is 2. The van der Waals surface area contributed by atoms with E-state index in [-0.39, 0.29) is 46.9 Å². The Bertz CT molecular complexity index is 1540. The van der Waals surface area contributed by atoms with Crippen molar-refractivity contribution in [2.24, 2.45) is 5.92 Å². The van der Waals surface area contributed by atoms with Gasteiger partial charge in [0.25, 0.3) is 0 Å². The number of epoxide rings is 1. The van der Waals surface area contributed by atoms with Crippen LogP contribution in [0.4, 0.5) is 10.5 Å². The van der Waals surface area contributed by atoms with E-state index in [1.54, 1.807) is 35.1 Å². The van der Waals surface area contributed by atoms with E-state index in [0.717, 1.165) is 11.1 Å². The molecule has 1 aromatic rings. The molecule has 0 spiro atoms. The number of methoxy groups -OCH3 is 2. The molecule has 0 aliphatic carbocycles. The lowest BCUT2D eigenvalue weighted by atomic mass is 9.84. The third-order valence-corrected chi connectivity index (χ3v) is 10.9. The highest BCUT2D eigenvalue weighted by Crippen LogP contribution is 2.49. The number of carbonyl (C=O) groups is 4. The Morgan fingerprint density at radius 2 is 1.94 bits per heavy atom. The number of ether oxygens (including phenoxy) is 5. The van der Waals surface area contributed by atoms with Gasteiger partial charge < -0.3 is 38.8 Å². The molecule has 0 aromatic heterocycles. The number of carbonyl (C=O) groups excluding carboxylic acids is 4. The van der Waals surface area contributed by atoms with Gasteiger partial charge in [0.2, 0.25) is 11.8 Å². The van der Waals surface area contributed by atoms with Crippen LogP contribution in [0.3, 0.4) is 0 Å². The number of anilines is 1. The monoisotopic (exact) mass is 749 g/mol. The predicted molar refractivity (Wildman–Crippen MR) is 197 cm³/mol. The van der Waals surface area contributed by atoms with E-state index >= 15 is 0 Å². The van der Waals surface area contributed by atoms with Gasteiger partial charge in [-0.2, -0.15) is 12.6 Å². The number of halogens is 1. The maximum Gasteiger partial charge on any atom is 0.407 e. The van der Waals surface area contributed by atoms with E-state index in [2.05, 4.69) is 17.9 Å². The van der Waals surface area contributed by atoms with Crippen LogP contribution in [0.2, 0.25) is 5.02 Å². The van der Waals surface area contributed by atoms with E-state index in [1.165, 1.54) is 16.9 Å². The summed E-state index contributed by atoms with van der Waals surface area (Å²) >= 11 is 11.1. The number of hydrogen-bond donors (Lipinski definition) is 2. The third kappa shape index (κ3) is 9.60. The lowest BCUT2D eigenvalue weighted by molar-refractivity contribution is -0.162. The van der Waals surface area contributed by atoms with E-state index < -0.39 is 48.1 Å². The van der Waals surface area contributed by atoms with Crippen LogP contribution >= 0.6 is 24.2 Å². The summed E-state index contributed by atoms with van der Waals surface area (Å²) in [7, 11) is 6.25. The topological polar surface area (TPSA) is 136 Å². The SMILES string of the molecule is COc1cc2cc(c1Cl)N(C)C(=O)C[C@H](OC(=O)[C@H](C)N(C)C(=O)CCC(C)S)[C@]1(C)O[C@H]1[C@H](C)C1CC(NC(=O)O1)[C@H](OC)/C=C/C=C(\C)C2. The van der Waals surface area contributed by atoms with E-state index in [4.69, 9.17) is 35.3 Å². The summed E-state index contributed by atoms with van der Waals surface area (Å²) in [4.78, 5) is 56.2. The van der Waals surface area contributed by atoms with Gasteiger partial charge in [0, 0.05) is 40.0 Å². The molecule has 12 nitrogen and oxygen atoms in total. The highest BCUT2D eigenvalue weighted by molar-refractivity contribution is 7.80. The average molecular weight is 750 g/mol. The highest BCUT2D eigenvalue weighted by atomic mass is 35.5. The smallest absolute Gasteiger partial charge is 0.407 e. The van der Waals surface area contributed by atoms with Crippen molar-refractivity contribution in [3.8, 4) is 5.75 Å². The summed E-state index contributed by atoms with van der Waals surface area (Å²) in [5, 5.41) is 3.16. The van der Waals surface area contributed by atoms with Crippen LogP contribution in [0, 0.1) is 5.92 Å². The highest BCUT2D eigenvalue weighted by Gasteiger charge is 2.64. The van der Waals surface area contributed by atoms with Crippen LogP contribution in [-0.2, 0) is 39.8 Å². The molecule has 4 bridgehead atoms. The normalized spacial score (nSPS) is 31.1. The van der Waals surface area contributed by atoms with Gasteiger partial charge in [-0.25, -0.2) is 9.59 Å². The maximum absolute atomic E-state index is 14.1. The van der Waals surface area contributed by atoms with Crippen molar-refractivity contribution in [3.05, 3.63) is 46.5 Å². The van der Waals surface area contributed by atoms with Gasteiger partial charge >= 0.3 is 12.1 Å². The summed E-state index contributed by atoms with van der Waals surface area (Å²) in [5.41, 5.74) is 1.19. The Hall–Kier alpha value is -3.26. The molecule has 0 radical (unpaired) electrons. The van der Waals surface area contributed by atoms with Gasteiger partial charge in [-0.1, -0.05) is 49.2 Å². The first-order valence-corrected chi connectivity index (χ1v) is 18.2. The molecule has 0 saturated carbocycles. The first-order valence-electron chi connectivity index (χ1n) is 17.3. The number of hydrogen-bond acceptors (Lipinski definition) is 10. The molecule has 1 aromatic carbocycles. The van der Waals surface area contributed by atoms with Crippen molar-refractivity contribution < 1.29 is 42.9 Å². The second kappa shape index (κ2) is 17.0. The molecule has 3 amide bonds. The first kappa shape index (κ1) is 40.5. The van der Waals surface area contributed by atoms with Crippen molar-refractivity contribution in [2.45, 2.75) is 114 Å². The molecule has 3 unspecified atom stereocenters. The Labute approximate surface area is 311 Å². The number of allylic oxidation sites excluding steroid dienone is 3. The lowest BCUT2D eigenvalue weighted by Gasteiger charge is -2.36. The number of alkyl carbamates (subject to hydrolysis) is 1. The van der Waals surface area contributed by atoms with Gasteiger partial charge in [-0.05, 0) is 56.6 Å². The van der Waals surface area contributed by atoms with Gasteiger partial charge in [-0.3, -0.25) is 9.59 Å². The van der Waals surface area contributed by atoms with Crippen LogP contribution in [0.5, 0.6) is 5.75 Å². The summed E-state index contributed by atoms with van der Waals surface area (Å²) in [6.07, 6.45) is 4.07. The van der Waals surface area contributed by atoms with Crippen LogP contribution in [-0.4, -0.2) is 104 Å². The average Bonchev–Trinajstić information content (AvgIpc) is 3.79. The summed E-state index contributed by atoms with van der Waals surface area (Å²) in [6, 6.07) is 2.34. The third-order valence-electron chi connectivity index (χ3n) is 10.2.